The number of rotatable bonds is 7. The van der Waals surface area contributed by atoms with Crippen molar-refractivity contribution >= 4 is 5.91 Å². The number of carbonyl (C=O) groups is 1. The van der Waals surface area contributed by atoms with Gasteiger partial charge in [-0.2, -0.15) is 0 Å². The third kappa shape index (κ3) is 4.19. The zero-order chi connectivity index (χ0) is 19.2. The van der Waals surface area contributed by atoms with E-state index in [0.717, 1.165) is 17.1 Å². The quantitative estimate of drug-likeness (QED) is 0.804. The highest BCUT2D eigenvalue weighted by Gasteiger charge is 2.17. The predicted octanol–water partition coefficient (Wildman–Crippen LogP) is 2.46. The Labute approximate surface area is 158 Å². The van der Waals surface area contributed by atoms with E-state index < -0.39 is 0 Å². The number of ether oxygens (including phenoxy) is 5. The highest BCUT2D eigenvalue weighted by molar-refractivity contribution is 5.95. The van der Waals surface area contributed by atoms with Gasteiger partial charge in [-0.1, -0.05) is 6.07 Å². The predicted molar refractivity (Wildman–Crippen MR) is 99.6 cm³/mol. The number of nitrogens with one attached hydrogen (secondary N) is 1. The summed E-state index contributed by atoms with van der Waals surface area (Å²) in [6, 6.07) is 9.06. The summed E-state index contributed by atoms with van der Waals surface area (Å²) >= 11 is 0. The fourth-order valence-corrected chi connectivity index (χ4v) is 2.88. The van der Waals surface area contributed by atoms with Crippen LogP contribution in [0.2, 0.25) is 0 Å². The molecule has 0 radical (unpaired) electrons. The summed E-state index contributed by atoms with van der Waals surface area (Å²) in [4.78, 5) is 12.5. The lowest BCUT2D eigenvalue weighted by atomic mass is 10.1. The molecule has 0 fully saturated rings. The molecule has 0 saturated carbocycles. The van der Waals surface area contributed by atoms with Crippen LogP contribution in [0, 0.1) is 0 Å². The highest BCUT2D eigenvalue weighted by atomic mass is 16.6. The zero-order valence-corrected chi connectivity index (χ0v) is 15.7. The first kappa shape index (κ1) is 18.7. The molecule has 0 aromatic heterocycles. The highest BCUT2D eigenvalue weighted by Crippen LogP contribution is 2.38. The standard InChI is InChI=1S/C20H23NO6/c1-23-17-11-14(12-18(24-2)19(17)25-3)20(22)21-7-6-13-4-5-15-16(10-13)27-9-8-26-15/h4-5,10-12H,6-9H2,1-3H3,(H,21,22). The summed E-state index contributed by atoms with van der Waals surface area (Å²) in [5.74, 6) is 2.61. The van der Waals surface area contributed by atoms with Crippen LogP contribution >= 0.6 is 0 Å². The van der Waals surface area contributed by atoms with Crippen molar-refractivity contribution in [2.24, 2.45) is 0 Å². The van der Waals surface area contributed by atoms with Crippen LogP contribution in [0.1, 0.15) is 15.9 Å². The van der Waals surface area contributed by atoms with Crippen LogP contribution < -0.4 is 29.0 Å². The zero-order valence-electron chi connectivity index (χ0n) is 15.7. The Morgan fingerprint density at radius 2 is 1.63 bits per heavy atom. The molecule has 1 amide bonds. The molecule has 2 aromatic rings. The molecule has 0 unspecified atom stereocenters. The summed E-state index contributed by atoms with van der Waals surface area (Å²) in [5, 5.41) is 2.90. The third-order valence-electron chi connectivity index (χ3n) is 4.23. The van der Waals surface area contributed by atoms with Crippen LogP contribution in [-0.4, -0.2) is 47.0 Å². The average molecular weight is 373 g/mol. The SMILES string of the molecule is COc1cc(C(=O)NCCc2ccc3c(c2)OCCO3)cc(OC)c1OC. The summed E-state index contributed by atoms with van der Waals surface area (Å²) in [7, 11) is 4.55. The summed E-state index contributed by atoms with van der Waals surface area (Å²) in [5.41, 5.74) is 1.50. The molecule has 7 heteroatoms. The smallest absolute Gasteiger partial charge is 0.251 e. The maximum atomic E-state index is 12.5. The molecule has 7 nitrogen and oxygen atoms in total. The third-order valence-corrected chi connectivity index (χ3v) is 4.23. The van der Waals surface area contributed by atoms with E-state index in [1.54, 1.807) is 12.1 Å². The monoisotopic (exact) mass is 373 g/mol. The lowest BCUT2D eigenvalue weighted by Crippen LogP contribution is -2.26. The number of fused-ring (bicyclic) bond motifs is 1. The van der Waals surface area contributed by atoms with Crippen molar-refractivity contribution in [2.45, 2.75) is 6.42 Å². The summed E-state index contributed by atoms with van der Waals surface area (Å²) in [6.45, 7) is 1.60. The number of hydrogen-bond acceptors (Lipinski definition) is 6. The van der Waals surface area contributed by atoms with Crippen molar-refractivity contribution < 1.29 is 28.5 Å². The van der Waals surface area contributed by atoms with Gasteiger partial charge in [0.15, 0.2) is 23.0 Å². The van der Waals surface area contributed by atoms with Gasteiger partial charge >= 0.3 is 0 Å². The molecule has 3 rings (SSSR count). The van der Waals surface area contributed by atoms with Crippen molar-refractivity contribution in [3.8, 4) is 28.7 Å². The number of amides is 1. The number of carbonyl (C=O) groups excluding carboxylic acids is 1. The fraction of sp³-hybridized carbons (Fsp3) is 0.350. The first-order chi connectivity index (χ1) is 13.2. The van der Waals surface area contributed by atoms with Gasteiger partial charge in [0.2, 0.25) is 5.75 Å². The Morgan fingerprint density at radius 3 is 2.26 bits per heavy atom. The van der Waals surface area contributed by atoms with Crippen molar-refractivity contribution in [3.63, 3.8) is 0 Å². The molecule has 1 aliphatic rings. The number of hydrogen-bond donors (Lipinski definition) is 1. The molecule has 0 saturated heterocycles. The molecular weight excluding hydrogens is 350 g/mol. The molecule has 0 aliphatic carbocycles. The maximum absolute atomic E-state index is 12.5. The van der Waals surface area contributed by atoms with Crippen LogP contribution in [0.4, 0.5) is 0 Å². The van der Waals surface area contributed by atoms with Gasteiger partial charge in [0, 0.05) is 12.1 Å². The summed E-state index contributed by atoms with van der Waals surface area (Å²) < 4.78 is 26.9. The molecule has 27 heavy (non-hydrogen) atoms. The maximum Gasteiger partial charge on any atom is 0.251 e. The van der Waals surface area contributed by atoms with Crippen LogP contribution in [0.3, 0.4) is 0 Å². The van der Waals surface area contributed by atoms with E-state index >= 15 is 0 Å². The van der Waals surface area contributed by atoms with E-state index in [-0.39, 0.29) is 5.91 Å². The molecule has 1 aliphatic heterocycles. The molecule has 144 valence electrons. The van der Waals surface area contributed by atoms with E-state index in [0.29, 0.717) is 49.0 Å². The molecule has 0 spiro atoms. The van der Waals surface area contributed by atoms with E-state index in [9.17, 15) is 4.79 Å². The van der Waals surface area contributed by atoms with E-state index in [1.165, 1.54) is 21.3 Å². The van der Waals surface area contributed by atoms with Gasteiger partial charge in [-0.05, 0) is 36.2 Å². The van der Waals surface area contributed by atoms with Gasteiger partial charge in [0.25, 0.3) is 5.91 Å². The molecule has 0 atom stereocenters. The van der Waals surface area contributed by atoms with Crippen LogP contribution in [-0.2, 0) is 6.42 Å². The molecule has 0 bridgehead atoms. The topological polar surface area (TPSA) is 75.3 Å². The van der Waals surface area contributed by atoms with E-state index in [4.69, 9.17) is 23.7 Å². The van der Waals surface area contributed by atoms with E-state index in [1.807, 2.05) is 18.2 Å². The Balaban J connectivity index is 1.64. The van der Waals surface area contributed by atoms with Gasteiger partial charge in [-0.15, -0.1) is 0 Å². The Kier molecular flexibility index (Phi) is 5.90. The summed E-state index contributed by atoms with van der Waals surface area (Å²) in [6.07, 6.45) is 0.673. The second kappa shape index (κ2) is 8.53. The van der Waals surface area contributed by atoms with Gasteiger partial charge in [0.1, 0.15) is 13.2 Å². The minimum absolute atomic E-state index is 0.216. The van der Waals surface area contributed by atoms with Gasteiger partial charge in [-0.3, -0.25) is 4.79 Å². The lowest BCUT2D eigenvalue weighted by molar-refractivity contribution is 0.0953. The molecular formula is C20H23NO6. The lowest BCUT2D eigenvalue weighted by Gasteiger charge is -2.19. The van der Waals surface area contributed by atoms with Crippen LogP contribution in [0.15, 0.2) is 30.3 Å². The van der Waals surface area contributed by atoms with E-state index in [2.05, 4.69) is 5.32 Å². The van der Waals surface area contributed by atoms with Crippen LogP contribution in [0.25, 0.3) is 0 Å². The van der Waals surface area contributed by atoms with Crippen molar-refractivity contribution in [2.75, 3.05) is 41.1 Å². The minimum Gasteiger partial charge on any atom is -0.493 e. The van der Waals surface area contributed by atoms with Crippen molar-refractivity contribution in [1.29, 1.82) is 0 Å². The van der Waals surface area contributed by atoms with Crippen LogP contribution in [0.5, 0.6) is 28.7 Å². The Bertz CT molecular complexity index is 795. The first-order valence-electron chi connectivity index (χ1n) is 8.63. The van der Waals surface area contributed by atoms with Crippen molar-refractivity contribution in [3.05, 3.63) is 41.5 Å². The Hall–Kier alpha value is -3.09. The van der Waals surface area contributed by atoms with Crippen molar-refractivity contribution in [1.82, 2.24) is 5.32 Å². The van der Waals surface area contributed by atoms with Gasteiger partial charge < -0.3 is 29.0 Å². The normalized spacial score (nSPS) is 12.3. The molecule has 1 heterocycles. The average Bonchev–Trinajstić information content (AvgIpc) is 2.72. The fourth-order valence-electron chi connectivity index (χ4n) is 2.88. The Morgan fingerprint density at radius 1 is 0.963 bits per heavy atom. The molecule has 1 N–H and O–H groups in total. The first-order valence-corrected chi connectivity index (χ1v) is 8.63. The van der Waals surface area contributed by atoms with Gasteiger partial charge in [-0.25, -0.2) is 0 Å². The number of methoxy groups -OCH3 is 3. The minimum atomic E-state index is -0.216. The molecule has 2 aromatic carbocycles. The van der Waals surface area contributed by atoms with Gasteiger partial charge in [0.05, 0.1) is 21.3 Å². The largest absolute Gasteiger partial charge is 0.493 e. The second-order valence-electron chi connectivity index (χ2n) is 5.90. The number of benzene rings is 2. The second-order valence-corrected chi connectivity index (χ2v) is 5.90.